The van der Waals surface area contributed by atoms with Gasteiger partial charge in [-0.3, -0.25) is 9.59 Å². The van der Waals surface area contributed by atoms with Gasteiger partial charge in [0.15, 0.2) is 0 Å². The lowest BCUT2D eigenvalue weighted by Gasteiger charge is -2.30. The Morgan fingerprint density at radius 1 is 0.897 bits per heavy atom. The van der Waals surface area contributed by atoms with Gasteiger partial charge in [-0.2, -0.15) is 0 Å². The van der Waals surface area contributed by atoms with E-state index < -0.39 is 0 Å². The Kier molecular flexibility index (Phi) is 7.27. The van der Waals surface area contributed by atoms with Gasteiger partial charge in [0.25, 0.3) is 0 Å². The third-order valence-corrected chi connectivity index (χ3v) is 5.63. The Labute approximate surface area is 172 Å². The molecule has 2 saturated heterocycles. The van der Waals surface area contributed by atoms with E-state index in [0.29, 0.717) is 37.3 Å². The Hall–Kier alpha value is -2.83. The summed E-state index contributed by atoms with van der Waals surface area (Å²) in [5.41, 5.74) is 1.33. The first kappa shape index (κ1) is 20.9. The number of benzene rings is 1. The number of carbonyl (C=O) groups is 3. The molecular weight excluding hydrogens is 368 g/mol. The van der Waals surface area contributed by atoms with Crippen LogP contribution in [0.4, 0.5) is 16.2 Å². The van der Waals surface area contributed by atoms with Crippen molar-refractivity contribution >= 4 is 29.2 Å². The molecule has 2 aliphatic rings. The maximum absolute atomic E-state index is 12.6. The first-order chi connectivity index (χ1) is 14.1. The Bertz CT molecular complexity index is 748. The van der Waals surface area contributed by atoms with Crippen LogP contribution in [0.5, 0.6) is 0 Å². The van der Waals surface area contributed by atoms with Crippen molar-refractivity contribution < 1.29 is 14.4 Å². The summed E-state index contributed by atoms with van der Waals surface area (Å²) in [6, 6.07) is 7.15. The van der Waals surface area contributed by atoms with Crippen molar-refractivity contribution in [2.45, 2.75) is 38.5 Å². The first-order valence-corrected chi connectivity index (χ1v) is 10.4. The van der Waals surface area contributed by atoms with Gasteiger partial charge in [0, 0.05) is 43.5 Å². The molecular formula is C22H30N4O3. The van der Waals surface area contributed by atoms with E-state index in [4.69, 9.17) is 0 Å². The average molecular weight is 399 g/mol. The second-order valence-corrected chi connectivity index (χ2v) is 7.71. The molecule has 2 aliphatic heterocycles. The molecule has 0 atom stereocenters. The van der Waals surface area contributed by atoms with Crippen molar-refractivity contribution in [2.75, 3.05) is 36.8 Å². The zero-order valence-corrected chi connectivity index (χ0v) is 16.9. The Balaban J connectivity index is 1.53. The van der Waals surface area contributed by atoms with Crippen LogP contribution < -0.4 is 10.6 Å². The van der Waals surface area contributed by atoms with Gasteiger partial charge in [0.05, 0.1) is 0 Å². The molecule has 0 spiro atoms. The van der Waals surface area contributed by atoms with Crippen LogP contribution >= 0.6 is 0 Å². The van der Waals surface area contributed by atoms with Crippen LogP contribution in [0.3, 0.4) is 0 Å². The van der Waals surface area contributed by atoms with E-state index >= 15 is 0 Å². The normalized spacial score (nSPS) is 17.9. The number of piperidine rings is 1. The zero-order valence-electron chi connectivity index (χ0n) is 16.9. The van der Waals surface area contributed by atoms with E-state index in [1.807, 2.05) is 23.1 Å². The molecule has 1 aromatic carbocycles. The fourth-order valence-corrected chi connectivity index (χ4v) is 3.89. The van der Waals surface area contributed by atoms with Gasteiger partial charge in [-0.1, -0.05) is 25.5 Å². The van der Waals surface area contributed by atoms with Gasteiger partial charge in [-0.05, 0) is 50.0 Å². The lowest BCUT2D eigenvalue weighted by Crippen LogP contribution is -2.40. The van der Waals surface area contributed by atoms with E-state index in [2.05, 4.69) is 17.2 Å². The van der Waals surface area contributed by atoms with Crippen molar-refractivity contribution in [3.63, 3.8) is 0 Å². The first-order valence-electron chi connectivity index (χ1n) is 10.4. The molecule has 0 unspecified atom stereocenters. The van der Waals surface area contributed by atoms with E-state index in [9.17, 15) is 14.4 Å². The quantitative estimate of drug-likeness (QED) is 0.762. The van der Waals surface area contributed by atoms with Crippen LogP contribution in [0.2, 0.25) is 0 Å². The standard InChI is InChI=1S/C22H30N4O3/c1-2-20(27)25-14-10-17(11-15-25)21(28)23-18-8-7-9-19(16-18)24-22(29)26-12-5-3-4-6-13-26/h2,7-9,16-17H,1,3-6,10-15H2,(H,23,28)(H,24,29). The molecule has 0 radical (unpaired) electrons. The molecule has 0 bridgehead atoms. The fourth-order valence-electron chi connectivity index (χ4n) is 3.89. The summed E-state index contributed by atoms with van der Waals surface area (Å²) in [4.78, 5) is 40.3. The highest BCUT2D eigenvalue weighted by Gasteiger charge is 2.26. The van der Waals surface area contributed by atoms with Crippen molar-refractivity contribution in [1.29, 1.82) is 0 Å². The highest BCUT2D eigenvalue weighted by Crippen LogP contribution is 2.22. The second kappa shape index (κ2) is 10.1. The minimum Gasteiger partial charge on any atom is -0.339 e. The lowest BCUT2D eigenvalue weighted by molar-refractivity contribution is -0.130. The van der Waals surface area contributed by atoms with E-state index in [-0.39, 0.29) is 23.8 Å². The number of amides is 4. The third kappa shape index (κ3) is 5.82. The van der Waals surface area contributed by atoms with Gasteiger partial charge in [-0.25, -0.2) is 4.79 Å². The number of rotatable bonds is 4. The van der Waals surface area contributed by atoms with Crippen LogP contribution in [-0.2, 0) is 9.59 Å². The maximum Gasteiger partial charge on any atom is 0.321 e. The molecule has 2 fully saturated rings. The van der Waals surface area contributed by atoms with Gasteiger partial charge >= 0.3 is 6.03 Å². The van der Waals surface area contributed by atoms with Crippen LogP contribution in [0.15, 0.2) is 36.9 Å². The van der Waals surface area contributed by atoms with E-state index in [0.717, 1.165) is 25.9 Å². The van der Waals surface area contributed by atoms with Crippen molar-refractivity contribution in [3.8, 4) is 0 Å². The Morgan fingerprint density at radius 2 is 1.52 bits per heavy atom. The third-order valence-electron chi connectivity index (χ3n) is 5.63. The molecule has 0 saturated carbocycles. The summed E-state index contributed by atoms with van der Waals surface area (Å²) in [5, 5.41) is 5.88. The van der Waals surface area contributed by atoms with Crippen LogP contribution in [0.1, 0.15) is 38.5 Å². The summed E-state index contributed by atoms with van der Waals surface area (Å²) < 4.78 is 0. The Morgan fingerprint density at radius 3 is 2.14 bits per heavy atom. The second-order valence-electron chi connectivity index (χ2n) is 7.71. The molecule has 0 aromatic heterocycles. The summed E-state index contributed by atoms with van der Waals surface area (Å²) in [6.45, 7) is 6.21. The minimum absolute atomic E-state index is 0.0494. The topological polar surface area (TPSA) is 81.8 Å². The SMILES string of the molecule is C=CC(=O)N1CCC(C(=O)Nc2cccc(NC(=O)N3CCCCCC3)c2)CC1. The van der Waals surface area contributed by atoms with Crippen molar-refractivity contribution in [2.24, 2.45) is 5.92 Å². The molecule has 1 aromatic rings. The van der Waals surface area contributed by atoms with Gasteiger partial charge in [0.2, 0.25) is 11.8 Å². The number of carbonyl (C=O) groups excluding carboxylic acids is 3. The predicted molar refractivity (Wildman–Crippen MR) is 114 cm³/mol. The summed E-state index contributed by atoms with van der Waals surface area (Å²) in [6.07, 6.45) is 7.01. The van der Waals surface area contributed by atoms with Crippen LogP contribution in [0.25, 0.3) is 0 Å². The largest absolute Gasteiger partial charge is 0.339 e. The number of anilines is 2. The number of likely N-dealkylation sites (tertiary alicyclic amines) is 2. The smallest absolute Gasteiger partial charge is 0.321 e. The van der Waals surface area contributed by atoms with Crippen LogP contribution in [0, 0.1) is 5.92 Å². The fraction of sp³-hybridized carbons (Fsp3) is 0.500. The molecule has 0 aliphatic carbocycles. The molecule has 3 rings (SSSR count). The number of nitrogens with zero attached hydrogens (tertiary/aromatic N) is 2. The van der Waals surface area contributed by atoms with E-state index in [1.54, 1.807) is 11.0 Å². The number of hydrogen-bond donors (Lipinski definition) is 2. The number of nitrogens with one attached hydrogen (secondary N) is 2. The summed E-state index contributed by atoms with van der Waals surface area (Å²) in [7, 11) is 0. The predicted octanol–water partition coefficient (Wildman–Crippen LogP) is 3.46. The zero-order chi connectivity index (χ0) is 20.6. The molecule has 156 valence electrons. The molecule has 29 heavy (non-hydrogen) atoms. The maximum atomic E-state index is 12.6. The lowest BCUT2D eigenvalue weighted by atomic mass is 9.95. The van der Waals surface area contributed by atoms with Crippen molar-refractivity contribution in [3.05, 3.63) is 36.9 Å². The average Bonchev–Trinajstić information content (AvgIpc) is 3.03. The number of urea groups is 1. The van der Waals surface area contributed by atoms with Crippen molar-refractivity contribution in [1.82, 2.24) is 9.80 Å². The van der Waals surface area contributed by atoms with E-state index in [1.165, 1.54) is 18.9 Å². The molecule has 2 N–H and O–H groups in total. The highest BCUT2D eigenvalue weighted by atomic mass is 16.2. The number of hydrogen-bond acceptors (Lipinski definition) is 3. The molecule has 4 amide bonds. The summed E-state index contributed by atoms with van der Waals surface area (Å²) in [5.74, 6) is -0.261. The monoisotopic (exact) mass is 398 g/mol. The molecule has 7 nitrogen and oxygen atoms in total. The summed E-state index contributed by atoms with van der Waals surface area (Å²) >= 11 is 0. The minimum atomic E-state index is -0.126. The van der Waals surface area contributed by atoms with Gasteiger partial charge in [0.1, 0.15) is 0 Å². The molecule has 2 heterocycles. The highest BCUT2D eigenvalue weighted by molar-refractivity contribution is 5.95. The van der Waals surface area contributed by atoms with Gasteiger partial charge < -0.3 is 20.4 Å². The van der Waals surface area contributed by atoms with Gasteiger partial charge in [-0.15, -0.1) is 0 Å². The molecule has 7 heteroatoms. The van der Waals surface area contributed by atoms with Crippen LogP contribution in [-0.4, -0.2) is 53.8 Å².